The highest BCUT2D eigenvalue weighted by Gasteiger charge is 2.23. The lowest BCUT2D eigenvalue weighted by Gasteiger charge is -2.17. The maximum absolute atomic E-state index is 12.6. The molecule has 0 aromatic heterocycles. The Bertz CT molecular complexity index is 525. The SMILES string of the molecule is CCC(C)C(=O)CCSC(CC(=O)NCCOCC(C)C)C(=O)NCCOCC(C)C.[HH].[HH]. The summed E-state index contributed by atoms with van der Waals surface area (Å²) in [6.07, 6.45) is 1.29. The lowest BCUT2D eigenvalue weighted by atomic mass is 10.0. The van der Waals surface area contributed by atoms with Crippen LogP contribution in [-0.2, 0) is 23.9 Å². The van der Waals surface area contributed by atoms with Crippen LogP contribution in [0.1, 0.15) is 63.7 Å². The number of hydrogen-bond acceptors (Lipinski definition) is 6. The molecular formula is C23H48N2O5S. The molecule has 2 atom stereocenters. The smallest absolute Gasteiger partial charge is 0.233 e. The van der Waals surface area contributed by atoms with Gasteiger partial charge in [-0.05, 0) is 18.3 Å². The third-order valence-electron chi connectivity index (χ3n) is 4.51. The third-order valence-corrected chi connectivity index (χ3v) is 5.73. The second kappa shape index (κ2) is 18.5. The van der Waals surface area contributed by atoms with E-state index in [1.807, 2.05) is 13.8 Å². The van der Waals surface area contributed by atoms with E-state index in [0.29, 0.717) is 63.5 Å². The topological polar surface area (TPSA) is 93.7 Å². The van der Waals surface area contributed by atoms with E-state index in [1.165, 1.54) is 11.8 Å². The number of carbonyl (C=O) groups is 3. The summed E-state index contributed by atoms with van der Waals surface area (Å²) in [5.74, 6) is 1.25. The van der Waals surface area contributed by atoms with Crippen molar-refractivity contribution in [2.75, 3.05) is 45.3 Å². The standard InChI is InChI=1S/C23H44N2O5S.2H2/c1-7-19(6)20(26)8-13-31-21(23(28)25-10-12-30-16-18(4)5)14-22(27)24-9-11-29-15-17(2)3;;/h17-19,21H,7-16H2,1-6H3,(H,24,27)(H,25,28);2*1H. The van der Waals surface area contributed by atoms with Crippen LogP contribution in [0, 0.1) is 17.8 Å². The summed E-state index contributed by atoms with van der Waals surface area (Å²) in [6.45, 7) is 15.2. The number of hydrogen-bond donors (Lipinski definition) is 2. The Labute approximate surface area is 196 Å². The summed E-state index contributed by atoms with van der Waals surface area (Å²) in [6, 6.07) is 0. The fraction of sp³-hybridized carbons (Fsp3) is 0.870. The van der Waals surface area contributed by atoms with Crippen molar-refractivity contribution in [3.05, 3.63) is 0 Å². The van der Waals surface area contributed by atoms with Crippen molar-refractivity contribution in [1.82, 2.24) is 10.6 Å². The number of thioether (sulfide) groups is 1. The summed E-state index contributed by atoms with van der Waals surface area (Å²) in [4.78, 5) is 37.0. The van der Waals surface area contributed by atoms with Gasteiger partial charge in [-0.2, -0.15) is 0 Å². The van der Waals surface area contributed by atoms with Gasteiger partial charge in [-0.15, -0.1) is 11.8 Å². The molecule has 0 aromatic rings. The Hall–Kier alpha value is -1.12. The minimum Gasteiger partial charge on any atom is -0.379 e. The Kier molecular flexibility index (Phi) is 17.8. The van der Waals surface area contributed by atoms with Gasteiger partial charge < -0.3 is 20.1 Å². The lowest BCUT2D eigenvalue weighted by molar-refractivity contribution is -0.126. The molecular weight excluding hydrogens is 416 g/mol. The molecule has 0 rings (SSSR count). The Morgan fingerprint density at radius 2 is 1.45 bits per heavy atom. The minimum atomic E-state index is -0.536. The average Bonchev–Trinajstić information content (AvgIpc) is 2.71. The first-order chi connectivity index (χ1) is 14.7. The number of rotatable bonds is 19. The van der Waals surface area contributed by atoms with Crippen molar-refractivity contribution in [3.8, 4) is 0 Å². The normalized spacial score (nSPS) is 13.3. The van der Waals surface area contributed by atoms with Gasteiger partial charge in [0.05, 0.1) is 18.5 Å². The minimum absolute atomic E-state index is 0. The average molecular weight is 465 g/mol. The number of ether oxygens (including phenoxy) is 2. The molecule has 0 saturated heterocycles. The van der Waals surface area contributed by atoms with Crippen molar-refractivity contribution in [1.29, 1.82) is 0 Å². The van der Waals surface area contributed by atoms with Gasteiger partial charge in [0.2, 0.25) is 11.8 Å². The predicted molar refractivity (Wildman–Crippen MR) is 132 cm³/mol. The quantitative estimate of drug-likeness (QED) is 0.284. The largest absolute Gasteiger partial charge is 0.379 e. The molecule has 0 aliphatic rings. The summed E-state index contributed by atoms with van der Waals surface area (Å²) < 4.78 is 11.0. The van der Waals surface area contributed by atoms with Crippen LogP contribution in [0.25, 0.3) is 0 Å². The first kappa shape index (κ1) is 29.9. The van der Waals surface area contributed by atoms with E-state index < -0.39 is 5.25 Å². The first-order valence-electron chi connectivity index (χ1n) is 11.5. The molecule has 186 valence electrons. The predicted octanol–water partition coefficient (Wildman–Crippen LogP) is 3.55. The van der Waals surface area contributed by atoms with Gasteiger partial charge in [-0.25, -0.2) is 0 Å². The Morgan fingerprint density at radius 1 is 0.903 bits per heavy atom. The highest BCUT2D eigenvalue weighted by Crippen LogP contribution is 2.18. The summed E-state index contributed by atoms with van der Waals surface area (Å²) in [5, 5.41) is 5.12. The van der Waals surface area contributed by atoms with E-state index in [0.717, 1.165) is 6.42 Å². The highest BCUT2D eigenvalue weighted by molar-refractivity contribution is 8.00. The van der Waals surface area contributed by atoms with Gasteiger partial charge >= 0.3 is 0 Å². The fourth-order valence-corrected chi connectivity index (χ4v) is 3.61. The molecule has 0 heterocycles. The van der Waals surface area contributed by atoms with E-state index in [2.05, 4.69) is 38.3 Å². The first-order valence-corrected chi connectivity index (χ1v) is 12.6. The molecule has 2 amide bonds. The fourth-order valence-electron chi connectivity index (χ4n) is 2.50. The van der Waals surface area contributed by atoms with Gasteiger partial charge in [0.25, 0.3) is 0 Å². The summed E-state index contributed by atoms with van der Waals surface area (Å²) in [7, 11) is 0. The highest BCUT2D eigenvalue weighted by atomic mass is 32.2. The lowest BCUT2D eigenvalue weighted by Crippen LogP contribution is -2.39. The molecule has 31 heavy (non-hydrogen) atoms. The molecule has 0 aliphatic carbocycles. The number of amides is 2. The maximum atomic E-state index is 12.6. The van der Waals surface area contributed by atoms with Gasteiger partial charge in [0, 0.05) is 53.7 Å². The second-order valence-electron chi connectivity index (χ2n) is 8.67. The molecule has 0 fully saturated rings. The Morgan fingerprint density at radius 3 is 1.97 bits per heavy atom. The molecule has 0 saturated carbocycles. The number of ketones is 1. The van der Waals surface area contributed by atoms with E-state index in [9.17, 15) is 14.4 Å². The number of carbonyl (C=O) groups excluding carboxylic acids is 3. The van der Waals surface area contributed by atoms with Crippen molar-refractivity contribution in [2.24, 2.45) is 17.8 Å². The van der Waals surface area contributed by atoms with Crippen LogP contribution in [0.4, 0.5) is 0 Å². The van der Waals surface area contributed by atoms with Crippen molar-refractivity contribution >= 4 is 29.4 Å². The van der Waals surface area contributed by atoms with Crippen molar-refractivity contribution in [2.45, 2.75) is 66.1 Å². The zero-order valence-electron chi connectivity index (χ0n) is 20.3. The van der Waals surface area contributed by atoms with Crippen LogP contribution in [0.15, 0.2) is 0 Å². The molecule has 0 bridgehead atoms. The van der Waals surface area contributed by atoms with Crippen molar-refractivity contribution in [3.63, 3.8) is 0 Å². The maximum Gasteiger partial charge on any atom is 0.233 e. The molecule has 0 radical (unpaired) electrons. The molecule has 0 spiro atoms. The van der Waals surface area contributed by atoms with Crippen LogP contribution < -0.4 is 10.6 Å². The molecule has 0 aromatic carbocycles. The zero-order valence-corrected chi connectivity index (χ0v) is 21.1. The van der Waals surface area contributed by atoms with Gasteiger partial charge in [0.15, 0.2) is 0 Å². The van der Waals surface area contributed by atoms with Crippen LogP contribution in [0.3, 0.4) is 0 Å². The van der Waals surface area contributed by atoms with Crippen LogP contribution in [-0.4, -0.2) is 68.1 Å². The number of nitrogens with one attached hydrogen (secondary N) is 2. The third kappa shape index (κ3) is 17.2. The molecule has 8 heteroatoms. The summed E-state index contributed by atoms with van der Waals surface area (Å²) in [5.41, 5.74) is 0. The number of Topliss-reactive ketones (excluding diaryl/α,β-unsaturated/α-hetero) is 1. The van der Waals surface area contributed by atoms with Crippen molar-refractivity contribution < 1.29 is 26.7 Å². The monoisotopic (exact) mass is 464 g/mol. The molecule has 7 nitrogen and oxygen atoms in total. The van der Waals surface area contributed by atoms with E-state index in [-0.39, 0.29) is 32.8 Å². The Balaban J connectivity index is -0.00000450. The zero-order chi connectivity index (χ0) is 23.6. The van der Waals surface area contributed by atoms with E-state index in [4.69, 9.17) is 9.47 Å². The van der Waals surface area contributed by atoms with Gasteiger partial charge in [-0.3, -0.25) is 14.4 Å². The van der Waals surface area contributed by atoms with Crippen LogP contribution in [0.2, 0.25) is 0 Å². The summed E-state index contributed by atoms with van der Waals surface area (Å²) >= 11 is 1.36. The molecule has 2 N–H and O–H groups in total. The second-order valence-corrected chi connectivity index (χ2v) is 9.98. The molecule has 0 aliphatic heterocycles. The van der Waals surface area contributed by atoms with Crippen LogP contribution in [0.5, 0.6) is 0 Å². The molecule has 2 unspecified atom stereocenters. The van der Waals surface area contributed by atoms with Gasteiger partial charge in [0.1, 0.15) is 5.78 Å². The van der Waals surface area contributed by atoms with Gasteiger partial charge in [-0.1, -0.05) is 41.5 Å². The van der Waals surface area contributed by atoms with E-state index in [1.54, 1.807) is 0 Å². The van der Waals surface area contributed by atoms with Crippen LogP contribution >= 0.6 is 11.8 Å². The van der Waals surface area contributed by atoms with E-state index >= 15 is 0 Å².